The molecule has 0 unspecified atom stereocenters. The average molecular weight is 261 g/mol. The third kappa shape index (κ3) is 2.13. The summed E-state index contributed by atoms with van der Waals surface area (Å²) in [6, 6.07) is 16.4. The number of nitriles is 1. The first-order valence-electron chi connectivity index (χ1n) is 6.09. The van der Waals surface area contributed by atoms with Gasteiger partial charge >= 0.3 is 0 Å². The number of fused-ring (bicyclic) bond motifs is 1. The summed E-state index contributed by atoms with van der Waals surface area (Å²) in [5.41, 5.74) is 8.08. The van der Waals surface area contributed by atoms with E-state index in [1.54, 1.807) is 36.5 Å². The van der Waals surface area contributed by atoms with Gasteiger partial charge in [0.15, 0.2) is 5.75 Å². The van der Waals surface area contributed by atoms with Crippen molar-refractivity contribution in [3.63, 3.8) is 0 Å². The van der Waals surface area contributed by atoms with Crippen molar-refractivity contribution < 1.29 is 4.74 Å². The number of rotatable bonds is 2. The van der Waals surface area contributed by atoms with E-state index < -0.39 is 0 Å². The minimum absolute atomic E-state index is 0.556. The highest BCUT2D eigenvalue weighted by Crippen LogP contribution is 2.32. The predicted octanol–water partition coefficient (Wildman–Crippen LogP) is 3.48. The lowest BCUT2D eigenvalue weighted by Crippen LogP contribution is -1.94. The zero-order chi connectivity index (χ0) is 13.9. The van der Waals surface area contributed by atoms with E-state index >= 15 is 0 Å². The molecule has 4 nitrogen and oxygen atoms in total. The Bertz CT molecular complexity index is 804. The van der Waals surface area contributed by atoms with E-state index in [4.69, 9.17) is 15.7 Å². The maximum Gasteiger partial charge on any atom is 0.151 e. The van der Waals surface area contributed by atoms with Crippen LogP contribution in [0, 0.1) is 11.3 Å². The maximum absolute atomic E-state index is 8.76. The van der Waals surface area contributed by atoms with Gasteiger partial charge in [-0.15, -0.1) is 0 Å². The van der Waals surface area contributed by atoms with E-state index in [1.807, 2.05) is 18.2 Å². The van der Waals surface area contributed by atoms with Gasteiger partial charge in [-0.1, -0.05) is 0 Å². The van der Waals surface area contributed by atoms with Gasteiger partial charge in [-0.05, 0) is 48.5 Å². The summed E-state index contributed by atoms with van der Waals surface area (Å²) in [5, 5.41) is 9.62. The summed E-state index contributed by atoms with van der Waals surface area (Å²) in [4.78, 5) is 4.24. The third-order valence-corrected chi connectivity index (χ3v) is 3.00. The second-order valence-electron chi connectivity index (χ2n) is 4.29. The molecular weight excluding hydrogens is 250 g/mol. The summed E-state index contributed by atoms with van der Waals surface area (Å²) in [7, 11) is 0. The van der Waals surface area contributed by atoms with Gasteiger partial charge in [-0.2, -0.15) is 5.26 Å². The van der Waals surface area contributed by atoms with E-state index in [1.165, 1.54) is 0 Å². The molecule has 0 amide bonds. The molecule has 0 aliphatic rings. The van der Waals surface area contributed by atoms with Crippen LogP contribution in [-0.4, -0.2) is 4.98 Å². The number of nitrogens with zero attached hydrogens (tertiary/aromatic N) is 2. The van der Waals surface area contributed by atoms with Crippen molar-refractivity contribution in [2.24, 2.45) is 0 Å². The van der Waals surface area contributed by atoms with Gasteiger partial charge in [0, 0.05) is 11.6 Å². The summed E-state index contributed by atoms with van der Waals surface area (Å²) >= 11 is 0. The van der Waals surface area contributed by atoms with Crippen LogP contribution in [0.2, 0.25) is 0 Å². The van der Waals surface area contributed by atoms with Crippen LogP contribution >= 0.6 is 0 Å². The lowest BCUT2D eigenvalue weighted by molar-refractivity contribution is 0.485. The Balaban J connectivity index is 1.98. The van der Waals surface area contributed by atoms with Gasteiger partial charge in [-0.25, -0.2) is 0 Å². The SMILES string of the molecule is N#Cc1ccc(Oc2ccc3ncccc3c2N)cc1. The van der Waals surface area contributed by atoms with Crippen LogP contribution in [0.3, 0.4) is 0 Å². The highest BCUT2D eigenvalue weighted by molar-refractivity contribution is 5.93. The fourth-order valence-electron chi connectivity index (χ4n) is 1.97. The van der Waals surface area contributed by atoms with Crippen LogP contribution in [0.5, 0.6) is 11.5 Å². The van der Waals surface area contributed by atoms with Crippen LogP contribution in [0.4, 0.5) is 5.69 Å². The van der Waals surface area contributed by atoms with Crippen LogP contribution < -0.4 is 10.5 Å². The van der Waals surface area contributed by atoms with E-state index in [0.717, 1.165) is 10.9 Å². The molecule has 3 rings (SSSR count). The maximum atomic E-state index is 8.76. The number of benzene rings is 2. The number of aromatic nitrogens is 1. The Kier molecular flexibility index (Phi) is 2.94. The molecule has 1 aromatic heterocycles. The largest absolute Gasteiger partial charge is 0.455 e. The van der Waals surface area contributed by atoms with E-state index in [-0.39, 0.29) is 0 Å². The topological polar surface area (TPSA) is 71.9 Å². The Hall–Kier alpha value is -3.06. The van der Waals surface area contributed by atoms with Gasteiger partial charge in [0.2, 0.25) is 0 Å². The molecule has 0 aliphatic carbocycles. The molecular formula is C16H11N3O. The number of hydrogen-bond acceptors (Lipinski definition) is 4. The highest BCUT2D eigenvalue weighted by Gasteiger charge is 2.07. The van der Waals surface area contributed by atoms with Crippen molar-refractivity contribution in [1.82, 2.24) is 4.98 Å². The lowest BCUT2D eigenvalue weighted by Gasteiger charge is -2.10. The first kappa shape index (κ1) is 12.0. The summed E-state index contributed by atoms with van der Waals surface area (Å²) in [5.74, 6) is 1.22. The monoisotopic (exact) mass is 261 g/mol. The molecule has 1 heterocycles. The molecule has 0 bridgehead atoms. The molecule has 3 aromatic rings. The predicted molar refractivity (Wildman–Crippen MR) is 77.4 cm³/mol. The Morgan fingerprint density at radius 1 is 1.05 bits per heavy atom. The van der Waals surface area contributed by atoms with Crippen LogP contribution in [-0.2, 0) is 0 Å². The Morgan fingerprint density at radius 2 is 1.85 bits per heavy atom. The first-order chi connectivity index (χ1) is 9.78. The number of nitrogens with two attached hydrogens (primary N) is 1. The quantitative estimate of drug-likeness (QED) is 0.717. The second-order valence-corrected chi connectivity index (χ2v) is 4.29. The van der Waals surface area contributed by atoms with Crippen molar-refractivity contribution in [2.75, 3.05) is 5.73 Å². The van der Waals surface area contributed by atoms with Gasteiger partial charge in [-0.3, -0.25) is 4.98 Å². The number of ether oxygens (including phenoxy) is 1. The minimum Gasteiger partial charge on any atom is -0.455 e. The van der Waals surface area contributed by atoms with Crippen molar-refractivity contribution in [3.8, 4) is 17.6 Å². The molecule has 0 spiro atoms. The Labute approximate surface area is 116 Å². The fourth-order valence-corrected chi connectivity index (χ4v) is 1.97. The van der Waals surface area contributed by atoms with Crippen molar-refractivity contribution in [2.45, 2.75) is 0 Å². The molecule has 0 fully saturated rings. The second kappa shape index (κ2) is 4.90. The number of pyridine rings is 1. The molecule has 0 aliphatic heterocycles. The van der Waals surface area contributed by atoms with E-state index in [9.17, 15) is 0 Å². The fraction of sp³-hybridized carbons (Fsp3) is 0. The summed E-state index contributed by atoms with van der Waals surface area (Å²) < 4.78 is 5.75. The molecule has 96 valence electrons. The van der Waals surface area contributed by atoms with Crippen molar-refractivity contribution >= 4 is 16.6 Å². The number of anilines is 1. The van der Waals surface area contributed by atoms with Crippen molar-refractivity contribution in [3.05, 3.63) is 60.3 Å². The number of hydrogen-bond donors (Lipinski definition) is 1. The standard InChI is InChI=1S/C16H11N3O/c17-10-11-3-5-12(6-4-11)20-15-8-7-14-13(16(15)18)2-1-9-19-14/h1-9H,18H2. The van der Waals surface area contributed by atoms with Gasteiger partial charge in [0.1, 0.15) is 5.75 Å². The average Bonchev–Trinajstić information content (AvgIpc) is 2.51. The summed E-state index contributed by atoms with van der Waals surface area (Å²) in [6.45, 7) is 0. The first-order valence-corrected chi connectivity index (χ1v) is 6.09. The highest BCUT2D eigenvalue weighted by atomic mass is 16.5. The third-order valence-electron chi connectivity index (χ3n) is 3.00. The van der Waals surface area contributed by atoms with Crippen molar-refractivity contribution in [1.29, 1.82) is 5.26 Å². The van der Waals surface area contributed by atoms with Gasteiger partial charge in [0.05, 0.1) is 22.8 Å². The zero-order valence-corrected chi connectivity index (χ0v) is 10.6. The van der Waals surface area contributed by atoms with Crippen LogP contribution in [0.15, 0.2) is 54.7 Å². The molecule has 20 heavy (non-hydrogen) atoms. The van der Waals surface area contributed by atoms with Gasteiger partial charge < -0.3 is 10.5 Å². The minimum atomic E-state index is 0.556. The molecule has 2 aromatic carbocycles. The molecule has 0 radical (unpaired) electrons. The normalized spacial score (nSPS) is 10.2. The van der Waals surface area contributed by atoms with Crippen LogP contribution in [0.1, 0.15) is 5.56 Å². The molecule has 0 saturated heterocycles. The lowest BCUT2D eigenvalue weighted by atomic mass is 10.1. The van der Waals surface area contributed by atoms with Crippen LogP contribution in [0.25, 0.3) is 10.9 Å². The van der Waals surface area contributed by atoms with E-state index in [2.05, 4.69) is 11.1 Å². The Morgan fingerprint density at radius 3 is 2.60 bits per heavy atom. The molecule has 0 saturated carbocycles. The molecule has 4 heteroatoms. The van der Waals surface area contributed by atoms with E-state index in [0.29, 0.717) is 22.7 Å². The van der Waals surface area contributed by atoms with Gasteiger partial charge in [0.25, 0.3) is 0 Å². The molecule has 2 N–H and O–H groups in total. The summed E-state index contributed by atoms with van der Waals surface area (Å²) in [6.07, 6.45) is 1.73. The zero-order valence-electron chi connectivity index (χ0n) is 10.6. The number of nitrogen functional groups attached to an aromatic ring is 1. The smallest absolute Gasteiger partial charge is 0.151 e. The molecule has 0 atom stereocenters.